The lowest BCUT2D eigenvalue weighted by molar-refractivity contribution is 0.0914. The number of hydrogen-bond donors (Lipinski definition) is 1. The van der Waals surface area contributed by atoms with Crippen molar-refractivity contribution in [3.05, 3.63) is 39.9 Å². The first kappa shape index (κ1) is 19.3. The third kappa shape index (κ3) is 4.84. The normalized spacial score (nSPS) is 16.0. The zero-order chi connectivity index (χ0) is 18.5. The van der Waals surface area contributed by atoms with E-state index in [0.717, 1.165) is 42.2 Å². The molecule has 2 aromatic rings. The van der Waals surface area contributed by atoms with E-state index in [-0.39, 0.29) is 11.9 Å². The second kappa shape index (κ2) is 8.98. The lowest BCUT2D eigenvalue weighted by atomic mass is 10.0. The molecule has 26 heavy (non-hydrogen) atoms. The number of likely N-dealkylation sites (tertiary alicyclic amines) is 1. The summed E-state index contributed by atoms with van der Waals surface area (Å²) in [7, 11) is 0. The van der Waals surface area contributed by atoms with Crippen LogP contribution in [0.3, 0.4) is 0 Å². The zero-order valence-electron chi connectivity index (χ0n) is 15.4. The molecule has 1 fully saturated rings. The van der Waals surface area contributed by atoms with Crippen molar-refractivity contribution in [2.45, 2.75) is 45.6 Å². The Morgan fingerprint density at radius 2 is 2.00 bits per heavy atom. The van der Waals surface area contributed by atoms with E-state index >= 15 is 0 Å². The van der Waals surface area contributed by atoms with Gasteiger partial charge in [0.2, 0.25) is 0 Å². The Balaban J connectivity index is 1.59. The number of nitrogens with zero attached hydrogens (tertiary/aromatic N) is 2. The molecule has 0 aliphatic carbocycles. The molecule has 1 aromatic carbocycles. The highest BCUT2D eigenvalue weighted by atomic mass is 35.5. The molecule has 0 spiro atoms. The fourth-order valence-corrected chi connectivity index (χ4v) is 4.36. The van der Waals surface area contributed by atoms with Crippen LogP contribution in [0.1, 0.15) is 48.0 Å². The van der Waals surface area contributed by atoms with Gasteiger partial charge in [-0.25, -0.2) is 4.98 Å². The first-order valence-electron chi connectivity index (χ1n) is 9.33. The molecule has 1 aliphatic rings. The molecule has 0 unspecified atom stereocenters. The minimum atomic E-state index is 0.00669. The van der Waals surface area contributed by atoms with Gasteiger partial charge in [0.05, 0.1) is 5.69 Å². The fraction of sp³-hybridized carbons (Fsp3) is 0.500. The third-order valence-electron chi connectivity index (χ3n) is 4.84. The number of thiazole rings is 1. The number of nitrogens with one attached hydrogen (secondary N) is 1. The van der Waals surface area contributed by atoms with Gasteiger partial charge < -0.3 is 10.2 Å². The van der Waals surface area contributed by atoms with E-state index in [1.807, 2.05) is 31.2 Å². The van der Waals surface area contributed by atoms with Gasteiger partial charge in [0.15, 0.2) is 0 Å². The Labute approximate surface area is 164 Å². The minimum absolute atomic E-state index is 0.00669. The first-order valence-corrected chi connectivity index (χ1v) is 10.5. The number of carbonyl (C=O) groups excluding carboxylic acids is 1. The lowest BCUT2D eigenvalue weighted by Gasteiger charge is -2.32. The summed E-state index contributed by atoms with van der Waals surface area (Å²) < 4.78 is 0. The van der Waals surface area contributed by atoms with Gasteiger partial charge in [0.1, 0.15) is 9.88 Å². The molecule has 6 heteroatoms. The highest BCUT2D eigenvalue weighted by molar-refractivity contribution is 7.17. The molecular formula is C20H26ClN3OS. The van der Waals surface area contributed by atoms with Crippen LogP contribution in [0.4, 0.5) is 0 Å². The number of aryl methyl sites for hydroxylation is 1. The number of unbranched alkanes of at least 4 members (excludes halogenated alkanes) is 1. The van der Waals surface area contributed by atoms with Crippen LogP contribution < -0.4 is 5.32 Å². The Morgan fingerprint density at radius 1 is 1.31 bits per heavy atom. The van der Waals surface area contributed by atoms with Crippen molar-refractivity contribution in [1.82, 2.24) is 15.2 Å². The standard InChI is InChI=1S/C20H26ClN3OS/c1-3-4-11-24-12-9-17(10-13-24)23-19(25)18-14(2)22-20(26-18)15-5-7-16(21)8-6-15/h5-8,17H,3-4,9-13H2,1-2H3,(H,23,25). The van der Waals surface area contributed by atoms with E-state index in [9.17, 15) is 4.79 Å². The number of rotatable bonds is 6. The van der Waals surface area contributed by atoms with Crippen LogP contribution in [-0.2, 0) is 0 Å². The summed E-state index contributed by atoms with van der Waals surface area (Å²) in [5, 5.41) is 4.77. The molecule has 0 radical (unpaired) electrons. The van der Waals surface area contributed by atoms with Crippen molar-refractivity contribution in [1.29, 1.82) is 0 Å². The average molecular weight is 392 g/mol. The van der Waals surface area contributed by atoms with E-state index < -0.39 is 0 Å². The van der Waals surface area contributed by atoms with Crippen molar-refractivity contribution in [3.8, 4) is 10.6 Å². The monoisotopic (exact) mass is 391 g/mol. The van der Waals surface area contributed by atoms with Crippen molar-refractivity contribution in [3.63, 3.8) is 0 Å². The van der Waals surface area contributed by atoms with E-state index in [1.54, 1.807) is 0 Å². The summed E-state index contributed by atoms with van der Waals surface area (Å²) in [6.07, 6.45) is 4.54. The van der Waals surface area contributed by atoms with Gasteiger partial charge in [0, 0.05) is 29.7 Å². The van der Waals surface area contributed by atoms with Gasteiger partial charge in [-0.3, -0.25) is 4.79 Å². The molecule has 0 atom stereocenters. The summed E-state index contributed by atoms with van der Waals surface area (Å²) in [4.78, 5) is 20.5. The Kier molecular flexibility index (Phi) is 6.68. The molecule has 0 bridgehead atoms. The van der Waals surface area contributed by atoms with Gasteiger partial charge in [-0.2, -0.15) is 0 Å². The van der Waals surface area contributed by atoms with Crippen LogP contribution in [-0.4, -0.2) is 41.5 Å². The Morgan fingerprint density at radius 3 is 2.65 bits per heavy atom. The highest BCUT2D eigenvalue weighted by Crippen LogP contribution is 2.29. The number of carbonyl (C=O) groups is 1. The molecule has 0 saturated carbocycles. The van der Waals surface area contributed by atoms with E-state index in [1.165, 1.54) is 30.7 Å². The molecule has 1 amide bonds. The van der Waals surface area contributed by atoms with Crippen LogP contribution in [0.5, 0.6) is 0 Å². The number of amides is 1. The fourth-order valence-electron chi connectivity index (χ4n) is 3.26. The first-order chi connectivity index (χ1) is 12.6. The maximum atomic E-state index is 12.7. The SMILES string of the molecule is CCCCN1CCC(NC(=O)c2sc(-c3ccc(Cl)cc3)nc2C)CC1. The quantitative estimate of drug-likeness (QED) is 0.771. The summed E-state index contributed by atoms with van der Waals surface area (Å²) >= 11 is 7.40. The van der Waals surface area contributed by atoms with Gasteiger partial charge in [-0.1, -0.05) is 37.1 Å². The lowest BCUT2D eigenvalue weighted by Crippen LogP contribution is -2.44. The molecule has 3 rings (SSSR count). The number of benzene rings is 1. The van der Waals surface area contributed by atoms with Gasteiger partial charge >= 0.3 is 0 Å². The van der Waals surface area contributed by atoms with Crippen LogP contribution in [0.2, 0.25) is 5.02 Å². The van der Waals surface area contributed by atoms with Crippen LogP contribution in [0, 0.1) is 6.92 Å². The van der Waals surface area contributed by atoms with Gasteiger partial charge in [0.25, 0.3) is 5.91 Å². The Hall–Kier alpha value is -1.43. The van der Waals surface area contributed by atoms with Crippen molar-refractivity contribution < 1.29 is 4.79 Å². The zero-order valence-corrected chi connectivity index (χ0v) is 17.0. The second-order valence-electron chi connectivity index (χ2n) is 6.88. The minimum Gasteiger partial charge on any atom is -0.348 e. The van der Waals surface area contributed by atoms with Crippen LogP contribution >= 0.6 is 22.9 Å². The molecule has 1 saturated heterocycles. The summed E-state index contributed by atoms with van der Waals surface area (Å²) in [5.74, 6) is 0.00669. The molecule has 1 aromatic heterocycles. The van der Waals surface area contributed by atoms with E-state index in [2.05, 4.69) is 22.1 Å². The smallest absolute Gasteiger partial charge is 0.263 e. The number of halogens is 1. The average Bonchev–Trinajstić information content (AvgIpc) is 3.03. The topological polar surface area (TPSA) is 45.2 Å². The maximum absolute atomic E-state index is 12.7. The predicted octanol–water partition coefficient (Wildman–Crippen LogP) is 4.77. The van der Waals surface area contributed by atoms with Crippen LogP contribution in [0.15, 0.2) is 24.3 Å². The van der Waals surface area contributed by atoms with E-state index in [0.29, 0.717) is 9.90 Å². The number of piperidine rings is 1. The summed E-state index contributed by atoms with van der Waals surface area (Å²) in [5.41, 5.74) is 1.78. The molecule has 1 N–H and O–H groups in total. The van der Waals surface area contributed by atoms with Gasteiger partial charge in [-0.05, 0) is 44.9 Å². The molecule has 1 aliphatic heterocycles. The predicted molar refractivity (Wildman–Crippen MR) is 109 cm³/mol. The van der Waals surface area contributed by atoms with Crippen molar-refractivity contribution in [2.75, 3.05) is 19.6 Å². The van der Waals surface area contributed by atoms with Crippen LogP contribution in [0.25, 0.3) is 10.6 Å². The van der Waals surface area contributed by atoms with Crippen molar-refractivity contribution in [2.24, 2.45) is 0 Å². The molecule has 4 nitrogen and oxygen atoms in total. The highest BCUT2D eigenvalue weighted by Gasteiger charge is 2.23. The van der Waals surface area contributed by atoms with Gasteiger partial charge in [-0.15, -0.1) is 11.3 Å². The Bertz CT molecular complexity index is 736. The number of aromatic nitrogens is 1. The summed E-state index contributed by atoms with van der Waals surface area (Å²) in [6.45, 7) is 7.45. The third-order valence-corrected chi connectivity index (χ3v) is 6.30. The maximum Gasteiger partial charge on any atom is 0.263 e. The van der Waals surface area contributed by atoms with E-state index in [4.69, 9.17) is 11.6 Å². The largest absolute Gasteiger partial charge is 0.348 e. The van der Waals surface area contributed by atoms with Crippen molar-refractivity contribution >= 4 is 28.8 Å². The molecular weight excluding hydrogens is 366 g/mol. The molecule has 140 valence electrons. The molecule has 2 heterocycles. The summed E-state index contributed by atoms with van der Waals surface area (Å²) in [6, 6.07) is 7.84. The number of hydrogen-bond acceptors (Lipinski definition) is 4. The second-order valence-corrected chi connectivity index (χ2v) is 8.32.